The molecule has 0 radical (unpaired) electrons. The maximum absolute atomic E-state index is 12.0. The van der Waals surface area contributed by atoms with Gasteiger partial charge in [0.15, 0.2) is 0 Å². The average Bonchev–Trinajstić information content (AvgIpc) is 1.97. The monoisotopic (exact) mass is 295 g/mol. The Morgan fingerprint density at radius 1 is 0.938 bits per heavy atom. The number of phosphoric acid groups is 2. The molecule has 2 unspecified atom stereocenters. The van der Waals surface area contributed by atoms with Crippen molar-refractivity contribution in [2.75, 3.05) is 13.1 Å². The third kappa shape index (κ3) is 3.23. The summed E-state index contributed by atoms with van der Waals surface area (Å²) < 4.78 is 47.5. The second-order valence-corrected chi connectivity index (χ2v) is 8.13. The quantitative estimate of drug-likeness (QED) is 0.748. The van der Waals surface area contributed by atoms with Crippen molar-refractivity contribution in [1.29, 1.82) is 0 Å². The van der Waals surface area contributed by atoms with E-state index in [0.29, 0.717) is 0 Å². The second kappa shape index (κ2) is 4.61. The van der Waals surface area contributed by atoms with E-state index >= 15 is 0 Å². The molecule has 0 aliphatic carbocycles. The van der Waals surface area contributed by atoms with Gasteiger partial charge < -0.3 is 9.79 Å². The van der Waals surface area contributed by atoms with Crippen molar-refractivity contribution in [3.8, 4) is 0 Å². The van der Waals surface area contributed by atoms with E-state index in [9.17, 15) is 13.7 Å². The first-order chi connectivity index (χ1) is 7.14. The van der Waals surface area contributed by atoms with Crippen LogP contribution in [0.5, 0.6) is 0 Å². The van der Waals surface area contributed by atoms with E-state index in [2.05, 4.69) is 12.9 Å². The predicted octanol–water partition coefficient (Wildman–Crippen LogP) is 1.70. The van der Waals surface area contributed by atoms with Crippen LogP contribution in [-0.2, 0) is 26.6 Å². The fraction of sp³-hybridized carbons (Fsp3) is 1.00. The molecule has 2 atom stereocenters. The lowest BCUT2D eigenvalue weighted by atomic mass is 10.7. The third-order valence-electron chi connectivity index (χ3n) is 1.70. The van der Waals surface area contributed by atoms with Gasteiger partial charge in [-0.2, -0.15) is 12.9 Å². The van der Waals surface area contributed by atoms with E-state index < -0.39 is 23.4 Å². The van der Waals surface area contributed by atoms with Crippen LogP contribution in [0.4, 0.5) is 0 Å². The molecule has 0 aromatic heterocycles. The lowest BCUT2D eigenvalue weighted by Gasteiger charge is -2.33. The van der Waals surface area contributed by atoms with Crippen LogP contribution in [-0.4, -0.2) is 27.5 Å². The molecule has 1 heterocycles. The number of nitrogens with zero attached hydrogens (tertiary/aromatic N) is 1. The first kappa shape index (κ1) is 14.5. The zero-order valence-electron chi connectivity index (χ0n) is 8.55. The van der Waals surface area contributed by atoms with Crippen LogP contribution in [0.2, 0.25) is 0 Å². The van der Waals surface area contributed by atoms with Gasteiger partial charge in [0.2, 0.25) is 0 Å². The van der Waals surface area contributed by atoms with Crippen LogP contribution in [0.15, 0.2) is 0 Å². The van der Waals surface area contributed by atoms with Gasteiger partial charge in [-0.1, -0.05) is 13.8 Å². The fourth-order valence-electron chi connectivity index (χ4n) is 1.11. The molecule has 0 spiro atoms. The van der Waals surface area contributed by atoms with Crippen molar-refractivity contribution in [1.82, 2.24) is 4.67 Å². The molecule has 1 aliphatic heterocycles. The van der Waals surface area contributed by atoms with Crippen LogP contribution in [0, 0.1) is 0 Å². The van der Waals surface area contributed by atoms with Crippen LogP contribution >= 0.6 is 23.4 Å². The van der Waals surface area contributed by atoms with Gasteiger partial charge in [0.25, 0.3) is 0 Å². The van der Waals surface area contributed by atoms with E-state index in [1.54, 1.807) is 13.8 Å². The molecule has 0 aromatic rings. The summed E-state index contributed by atoms with van der Waals surface area (Å²) in [5.41, 5.74) is 0. The normalized spacial score (nSPS) is 44.8. The molecule has 12 heteroatoms. The maximum Gasteiger partial charge on any atom is 0.489 e. The van der Waals surface area contributed by atoms with Crippen LogP contribution in [0.3, 0.4) is 0 Å². The molecule has 1 fully saturated rings. The topological polar surface area (TPSA) is 123 Å². The van der Waals surface area contributed by atoms with E-state index in [-0.39, 0.29) is 13.1 Å². The van der Waals surface area contributed by atoms with E-state index in [1.807, 2.05) is 0 Å². The Morgan fingerprint density at radius 2 is 1.31 bits per heavy atom. The van der Waals surface area contributed by atoms with Crippen LogP contribution in [0.1, 0.15) is 13.8 Å². The molecule has 0 bridgehead atoms. The van der Waals surface area contributed by atoms with Crippen LogP contribution < -0.4 is 0 Å². The van der Waals surface area contributed by atoms with Crippen molar-refractivity contribution >= 4 is 23.4 Å². The maximum atomic E-state index is 12.0. The third-order valence-corrected chi connectivity index (χ3v) is 7.91. The predicted molar refractivity (Wildman–Crippen MR) is 53.4 cm³/mol. The van der Waals surface area contributed by atoms with Gasteiger partial charge in [-0.3, -0.25) is 0 Å². The van der Waals surface area contributed by atoms with Crippen molar-refractivity contribution in [3.05, 3.63) is 0 Å². The fourth-order valence-corrected chi connectivity index (χ4v) is 6.92. The van der Waals surface area contributed by atoms with E-state index in [4.69, 9.17) is 9.79 Å². The Morgan fingerprint density at radius 3 is 1.62 bits per heavy atom. The Bertz CT molecular complexity index is 376. The minimum atomic E-state index is -4.85. The number of hydrogen-bond donors (Lipinski definition) is 2. The molecule has 0 saturated carbocycles. The summed E-state index contributed by atoms with van der Waals surface area (Å²) in [6.07, 6.45) is 0. The summed E-state index contributed by atoms with van der Waals surface area (Å²) >= 11 is 0. The van der Waals surface area contributed by atoms with Gasteiger partial charge in [0.05, 0.1) is 0 Å². The van der Waals surface area contributed by atoms with Crippen molar-refractivity contribution in [3.63, 3.8) is 0 Å². The summed E-state index contributed by atoms with van der Waals surface area (Å²) in [6.45, 7) is 3.45. The Hall–Kier alpha value is 0.450. The zero-order valence-corrected chi connectivity index (χ0v) is 11.2. The van der Waals surface area contributed by atoms with E-state index in [1.165, 1.54) is 0 Å². The molecule has 1 aliphatic rings. The summed E-state index contributed by atoms with van der Waals surface area (Å²) in [6, 6.07) is 0. The average molecular weight is 295 g/mol. The number of rotatable bonds is 3. The second-order valence-electron chi connectivity index (χ2n) is 2.79. The molecular weight excluding hydrogens is 283 g/mol. The van der Waals surface area contributed by atoms with Crippen molar-refractivity contribution in [2.24, 2.45) is 0 Å². The molecule has 16 heavy (non-hydrogen) atoms. The highest BCUT2D eigenvalue weighted by Crippen LogP contribution is 2.80. The molecule has 0 aromatic carbocycles. The Balaban J connectivity index is 3.10. The molecule has 1 rings (SSSR count). The minimum absolute atomic E-state index is 0.147. The Labute approximate surface area is 92.1 Å². The minimum Gasteiger partial charge on any atom is -0.302 e. The first-order valence-electron chi connectivity index (χ1n) is 4.29. The van der Waals surface area contributed by atoms with E-state index in [0.717, 1.165) is 4.67 Å². The van der Waals surface area contributed by atoms with Gasteiger partial charge in [-0.25, -0.2) is 18.4 Å². The Kier molecular flexibility index (Phi) is 4.18. The summed E-state index contributed by atoms with van der Waals surface area (Å²) in [5, 5.41) is 0. The highest BCUT2D eigenvalue weighted by Gasteiger charge is 2.55. The molecule has 9 nitrogen and oxygen atoms in total. The molecule has 0 amide bonds. The molecule has 96 valence electrons. The molecule has 2 N–H and O–H groups in total. The van der Waals surface area contributed by atoms with Gasteiger partial charge in [-0.15, -0.1) is 0 Å². The van der Waals surface area contributed by atoms with Gasteiger partial charge in [0, 0.05) is 13.1 Å². The summed E-state index contributed by atoms with van der Waals surface area (Å²) in [4.78, 5) is 18.0. The SMILES string of the molecule is CCN(CC)P1(=O)OP(=O)(O)OP(=O)(O)O1. The van der Waals surface area contributed by atoms with Crippen molar-refractivity contribution in [2.45, 2.75) is 13.8 Å². The molecular formula is C4H12NO8P3. The van der Waals surface area contributed by atoms with Crippen molar-refractivity contribution < 1.29 is 36.4 Å². The number of hydrogen-bond acceptors (Lipinski definition) is 6. The lowest BCUT2D eigenvalue weighted by molar-refractivity contribution is 0.169. The smallest absolute Gasteiger partial charge is 0.302 e. The summed E-state index contributed by atoms with van der Waals surface area (Å²) in [5.74, 6) is 0. The summed E-state index contributed by atoms with van der Waals surface area (Å²) in [7, 11) is -14.0. The highest BCUT2D eigenvalue weighted by atomic mass is 31.3. The highest BCUT2D eigenvalue weighted by molar-refractivity contribution is 7.75. The first-order valence-corrected chi connectivity index (χ1v) is 8.78. The van der Waals surface area contributed by atoms with Gasteiger partial charge in [0.1, 0.15) is 0 Å². The largest absolute Gasteiger partial charge is 0.489 e. The zero-order chi connectivity index (χ0) is 12.6. The van der Waals surface area contributed by atoms with Gasteiger partial charge >= 0.3 is 23.4 Å². The van der Waals surface area contributed by atoms with Crippen LogP contribution in [0.25, 0.3) is 0 Å². The molecule has 1 saturated heterocycles. The standard InChI is InChI=1S/C4H12NO8P3/c1-3-5(4-2)14(6)11-15(7,8)13-16(9,10)12-14/h3-4H2,1-2H3,(H,7,8)(H,9,10). The van der Waals surface area contributed by atoms with Gasteiger partial charge in [-0.05, 0) is 0 Å². The lowest BCUT2D eigenvalue weighted by Crippen LogP contribution is -2.23.